The first-order chi connectivity index (χ1) is 8.77. The van der Waals surface area contributed by atoms with Crippen molar-refractivity contribution in [2.75, 3.05) is 13.2 Å². The molecule has 3 heterocycles. The van der Waals surface area contributed by atoms with Gasteiger partial charge < -0.3 is 9.84 Å². The third kappa shape index (κ3) is 1.74. The lowest BCUT2D eigenvalue weighted by Gasteiger charge is -2.24. The zero-order chi connectivity index (χ0) is 12.5. The summed E-state index contributed by atoms with van der Waals surface area (Å²) in [6.07, 6.45) is 3.25. The van der Waals surface area contributed by atoms with Crippen LogP contribution in [0.1, 0.15) is 29.5 Å². The summed E-state index contributed by atoms with van der Waals surface area (Å²) in [7, 11) is 0. The molecule has 0 bridgehead atoms. The van der Waals surface area contributed by atoms with Gasteiger partial charge in [0.25, 0.3) is 0 Å². The Hall–Kier alpha value is -1.95. The van der Waals surface area contributed by atoms with Gasteiger partial charge in [-0.25, -0.2) is 14.8 Å². The molecule has 1 N–H and O–H groups in total. The first-order valence-electron chi connectivity index (χ1n) is 5.91. The molecule has 2 aromatic rings. The SMILES string of the molecule is O=C(O)c1nc2cccnc2n1C1CCOCC1. The summed E-state index contributed by atoms with van der Waals surface area (Å²) in [6.45, 7) is 1.30. The molecule has 18 heavy (non-hydrogen) atoms. The summed E-state index contributed by atoms with van der Waals surface area (Å²) in [5.41, 5.74) is 1.27. The molecule has 0 saturated carbocycles. The highest BCUT2D eigenvalue weighted by atomic mass is 16.5. The molecule has 1 fully saturated rings. The molecule has 0 unspecified atom stereocenters. The highest BCUT2D eigenvalue weighted by molar-refractivity contribution is 5.88. The van der Waals surface area contributed by atoms with Crippen molar-refractivity contribution in [3.05, 3.63) is 24.2 Å². The summed E-state index contributed by atoms with van der Waals surface area (Å²) in [5, 5.41) is 9.25. The first kappa shape index (κ1) is 11.2. The molecule has 94 valence electrons. The second-order valence-corrected chi connectivity index (χ2v) is 4.30. The first-order valence-corrected chi connectivity index (χ1v) is 5.91. The van der Waals surface area contributed by atoms with Crippen molar-refractivity contribution in [2.24, 2.45) is 0 Å². The van der Waals surface area contributed by atoms with Crippen LogP contribution in [-0.2, 0) is 4.74 Å². The number of ether oxygens (including phenoxy) is 1. The number of aromatic nitrogens is 3. The van der Waals surface area contributed by atoms with Crippen molar-refractivity contribution in [1.29, 1.82) is 0 Å². The molecular formula is C12H13N3O3. The Balaban J connectivity index is 2.17. The van der Waals surface area contributed by atoms with Crippen LogP contribution in [0.3, 0.4) is 0 Å². The number of imidazole rings is 1. The maximum Gasteiger partial charge on any atom is 0.372 e. The Morgan fingerprint density at radius 2 is 2.22 bits per heavy atom. The fourth-order valence-electron chi connectivity index (χ4n) is 2.37. The van der Waals surface area contributed by atoms with E-state index in [4.69, 9.17) is 4.74 Å². The smallest absolute Gasteiger partial charge is 0.372 e. The van der Waals surface area contributed by atoms with Crippen LogP contribution in [-0.4, -0.2) is 38.8 Å². The topological polar surface area (TPSA) is 77.2 Å². The van der Waals surface area contributed by atoms with Crippen molar-refractivity contribution in [1.82, 2.24) is 14.5 Å². The third-order valence-corrected chi connectivity index (χ3v) is 3.20. The van der Waals surface area contributed by atoms with E-state index in [1.165, 1.54) is 0 Å². The minimum atomic E-state index is -1.01. The second-order valence-electron chi connectivity index (χ2n) is 4.30. The molecule has 0 aromatic carbocycles. The quantitative estimate of drug-likeness (QED) is 0.869. The number of carboxylic acid groups (broad SMARTS) is 1. The van der Waals surface area contributed by atoms with Crippen LogP contribution in [0.4, 0.5) is 0 Å². The number of fused-ring (bicyclic) bond motifs is 1. The predicted molar refractivity (Wildman–Crippen MR) is 63.6 cm³/mol. The van der Waals surface area contributed by atoms with E-state index in [1.54, 1.807) is 22.9 Å². The Kier molecular flexibility index (Phi) is 2.71. The molecule has 6 heteroatoms. The molecule has 0 spiro atoms. The molecule has 2 aromatic heterocycles. The van der Waals surface area contributed by atoms with Crippen LogP contribution in [0.25, 0.3) is 11.2 Å². The van der Waals surface area contributed by atoms with Gasteiger partial charge in [0.2, 0.25) is 5.82 Å². The highest BCUT2D eigenvalue weighted by Gasteiger charge is 2.25. The number of aromatic carboxylic acids is 1. The lowest BCUT2D eigenvalue weighted by Crippen LogP contribution is -2.23. The molecule has 0 atom stereocenters. The van der Waals surface area contributed by atoms with E-state index >= 15 is 0 Å². The van der Waals surface area contributed by atoms with E-state index in [-0.39, 0.29) is 11.9 Å². The van der Waals surface area contributed by atoms with Crippen LogP contribution in [0, 0.1) is 0 Å². The van der Waals surface area contributed by atoms with Crippen LogP contribution >= 0.6 is 0 Å². The van der Waals surface area contributed by atoms with Gasteiger partial charge in [-0.05, 0) is 25.0 Å². The number of carboxylic acids is 1. The van der Waals surface area contributed by atoms with E-state index in [9.17, 15) is 9.90 Å². The Bertz CT molecular complexity index is 587. The maximum absolute atomic E-state index is 11.3. The number of hydrogen-bond donors (Lipinski definition) is 1. The summed E-state index contributed by atoms with van der Waals surface area (Å²) in [6, 6.07) is 3.64. The molecule has 0 radical (unpaired) electrons. The molecule has 0 amide bonds. The molecule has 1 saturated heterocycles. The van der Waals surface area contributed by atoms with Gasteiger partial charge in [0.05, 0.1) is 0 Å². The fourth-order valence-corrected chi connectivity index (χ4v) is 2.37. The van der Waals surface area contributed by atoms with Crippen LogP contribution < -0.4 is 0 Å². The van der Waals surface area contributed by atoms with E-state index in [2.05, 4.69) is 9.97 Å². The van der Waals surface area contributed by atoms with Gasteiger partial charge in [-0.1, -0.05) is 0 Å². The molecule has 6 nitrogen and oxygen atoms in total. The van der Waals surface area contributed by atoms with Gasteiger partial charge in [0, 0.05) is 25.5 Å². The average Bonchev–Trinajstić information content (AvgIpc) is 2.79. The Labute approximate surface area is 103 Å². The van der Waals surface area contributed by atoms with Crippen molar-refractivity contribution in [2.45, 2.75) is 18.9 Å². The standard InChI is InChI=1S/C12H13N3O3/c16-12(17)11-14-9-2-1-5-13-10(9)15(11)8-3-6-18-7-4-8/h1-2,5,8H,3-4,6-7H2,(H,16,17). The van der Waals surface area contributed by atoms with E-state index in [0.717, 1.165) is 12.8 Å². The van der Waals surface area contributed by atoms with Gasteiger partial charge in [0.1, 0.15) is 5.52 Å². The van der Waals surface area contributed by atoms with Crippen molar-refractivity contribution < 1.29 is 14.6 Å². The highest BCUT2D eigenvalue weighted by Crippen LogP contribution is 2.26. The summed E-state index contributed by atoms with van der Waals surface area (Å²) in [5.74, 6) is -0.949. The van der Waals surface area contributed by atoms with Crippen LogP contribution in [0.5, 0.6) is 0 Å². The number of nitrogens with zero attached hydrogens (tertiary/aromatic N) is 3. The predicted octanol–water partition coefficient (Wildman–Crippen LogP) is 1.48. The molecule has 3 rings (SSSR count). The van der Waals surface area contributed by atoms with Crippen LogP contribution in [0.2, 0.25) is 0 Å². The molecule has 1 aliphatic heterocycles. The van der Waals surface area contributed by atoms with Crippen molar-refractivity contribution in [3.8, 4) is 0 Å². The van der Waals surface area contributed by atoms with Crippen molar-refractivity contribution in [3.63, 3.8) is 0 Å². The number of carbonyl (C=O) groups is 1. The molecule has 0 aliphatic carbocycles. The number of rotatable bonds is 2. The number of pyridine rings is 1. The zero-order valence-corrected chi connectivity index (χ0v) is 9.74. The lowest BCUT2D eigenvalue weighted by molar-refractivity contribution is 0.0607. The summed E-state index contributed by atoms with van der Waals surface area (Å²) < 4.78 is 7.04. The fraction of sp³-hybridized carbons (Fsp3) is 0.417. The Morgan fingerprint density at radius 1 is 1.44 bits per heavy atom. The van der Waals surface area contributed by atoms with Gasteiger partial charge >= 0.3 is 5.97 Å². The monoisotopic (exact) mass is 247 g/mol. The minimum Gasteiger partial charge on any atom is -0.475 e. The van der Waals surface area contributed by atoms with E-state index < -0.39 is 5.97 Å². The zero-order valence-electron chi connectivity index (χ0n) is 9.74. The third-order valence-electron chi connectivity index (χ3n) is 3.20. The number of hydrogen-bond acceptors (Lipinski definition) is 4. The largest absolute Gasteiger partial charge is 0.475 e. The lowest BCUT2D eigenvalue weighted by atomic mass is 10.1. The minimum absolute atomic E-state index is 0.0654. The van der Waals surface area contributed by atoms with E-state index in [1.807, 2.05) is 0 Å². The van der Waals surface area contributed by atoms with Crippen molar-refractivity contribution >= 4 is 17.1 Å². The average molecular weight is 247 g/mol. The van der Waals surface area contributed by atoms with Gasteiger partial charge in [-0.2, -0.15) is 0 Å². The maximum atomic E-state index is 11.3. The van der Waals surface area contributed by atoms with E-state index in [0.29, 0.717) is 24.4 Å². The molecular weight excluding hydrogens is 234 g/mol. The summed E-state index contributed by atoms with van der Waals surface area (Å²) >= 11 is 0. The van der Waals surface area contributed by atoms with Crippen LogP contribution in [0.15, 0.2) is 18.3 Å². The van der Waals surface area contributed by atoms with Gasteiger partial charge in [-0.15, -0.1) is 0 Å². The van der Waals surface area contributed by atoms with Gasteiger partial charge in [-0.3, -0.25) is 4.57 Å². The second kappa shape index (κ2) is 4.38. The summed E-state index contributed by atoms with van der Waals surface area (Å²) in [4.78, 5) is 19.7. The Morgan fingerprint density at radius 3 is 2.94 bits per heavy atom. The molecule has 1 aliphatic rings. The normalized spacial score (nSPS) is 17.1. The van der Waals surface area contributed by atoms with Gasteiger partial charge in [0.15, 0.2) is 5.65 Å².